The molecule has 3 rings (SSSR count). The van der Waals surface area contributed by atoms with Gasteiger partial charge < -0.3 is 10.6 Å². The minimum atomic E-state index is -0.270. The smallest absolute Gasteiger partial charge is 0.261 e. The van der Waals surface area contributed by atoms with E-state index in [-0.39, 0.29) is 11.7 Å². The van der Waals surface area contributed by atoms with E-state index in [1.807, 2.05) is 13.0 Å². The number of fused-ring (bicyclic) bond motifs is 1. The summed E-state index contributed by atoms with van der Waals surface area (Å²) < 4.78 is 13.3. The average Bonchev–Trinajstić information content (AvgIpc) is 2.95. The van der Waals surface area contributed by atoms with Crippen molar-refractivity contribution in [3.63, 3.8) is 0 Å². The number of rotatable bonds is 6. The maximum atomic E-state index is 13.3. The number of carbonyl (C=O) groups excluding carboxylic acids is 1. The van der Waals surface area contributed by atoms with Crippen LogP contribution in [0, 0.1) is 18.7 Å². The Labute approximate surface area is 155 Å². The fraction of sp³-hybridized carbons (Fsp3) is 0.316. The minimum absolute atomic E-state index is 0.0877. The Balaban J connectivity index is 1.86. The lowest BCUT2D eigenvalue weighted by atomic mass is 10.1. The Morgan fingerprint density at radius 3 is 2.85 bits per heavy atom. The first-order valence-electron chi connectivity index (χ1n) is 8.46. The topological polar surface area (TPSA) is 66.9 Å². The summed E-state index contributed by atoms with van der Waals surface area (Å²) in [7, 11) is 0. The van der Waals surface area contributed by atoms with E-state index in [1.165, 1.54) is 29.8 Å². The highest BCUT2D eigenvalue weighted by Crippen LogP contribution is 2.33. The number of carbonyl (C=O) groups is 1. The van der Waals surface area contributed by atoms with Crippen molar-refractivity contribution < 1.29 is 9.18 Å². The highest BCUT2D eigenvalue weighted by atomic mass is 32.1. The van der Waals surface area contributed by atoms with Gasteiger partial charge in [-0.25, -0.2) is 14.4 Å². The molecule has 5 nitrogen and oxygen atoms in total. The first kappa shape index (κ1) is 18.3. The van der Waals surface area contributed by atoms with Crippen molar-refractivity contribution >= 4 is 33.3 Å². The van der Waals surface area contributed by atoms with Crippen LogP contribution in [0.1, 0.15) is 34.6 Å². The van der Waals surface area contributed by atoms with E-state index in [2.05, 4.69) is 34.4 Å². The second-order valence-corrected chi connectivity index (χ2v) is 7.55. The molecule has 2 aromatic heterocycles. The van der Waals surface area contributed by atoms with Crippen molar-refractivity contribution in [1.82, 2.24) is 15.3 Å². The molecule has 2 heterocycles. The van der Waals surface area contributed by atoms with E-state index < -0.39 is 0 Å². The third kappa shape index (κ3) is 3.99. The summed E-state index contributed by atoms with van der Waals surface area (Å²) in [5.74, 6) is 0.677. The highest BCUT2D eigenvalue weighted by molar-refractivity contribution is 7.20. The van der Waals surface area contributed by atoms with Gasteiger partial charge in [-0.15, -0.1) is 11.3 Å². The number of amides is 1. The lowest BCUT2D eigenvalue weighted by Crippen LogP contribution is -2.27. The Morgan fingerprint density at radius 1 is 1.31 bits per heavy atom. The summed E-state index contributed by atoms with van der Waals surface area (Å²) in [5.41, 5.74) is 1.67. The molecule has 0 aliphatic heterocycles. The van der Waals surface area contributed by atoms with Gasteiger partial charge in [-0.3, -0.25) is 4.79 Å². The number of aryl methyl sites for hydroxylation is 1. The average molecular weight is 372 g/mol. The number of nitrogens with zero attached hydrogens (tertiary/aromatic N) is 2. The molecule has 0 atom stereocenters. The third-order valence-electron chi connectivity index (χ3n) is 3.95. The van der Waals surface area contributed by atoms with Crippen molar-refractivity contribution in [2.75, 3.05) is 11.9 Å². The summed E-state index contributed by atoms with van der Waals surface area (Å²) in [5, 5.41) is 7.01. The number of hydrogen-bond acceptors (Lipinski definition) is 5. The molecule has 1 aromatic carbocycles. The number of aromatic nitrogens is 2. The van der Waals surface area contributed by atoms with E-state index in [4.69, 9.17) is 0 Å². The molecule has 0 bridgehead atoms. The molecule has 136 valence electrons. The number of halogens is 1. The van der Waals surface area contributed by atoms with Gasteiger partial charge in [-0.05, 0) is 36.1 Å². The van der Waals surface area contributed by atoms with Gasteiger partial charge in [0.15, 0.2) is 0 Å². The van der Waals surface area contributed by atoms with Crippen LogP contribution >= 0.6 is 11.3 Å². The lowest BCUT2D eigenvalue weighted by molar-refractivity contribution is 0.0952. The molecule has 26 heavy (non-hydrogen) atoms. The van der Waals surface area contributed by atoms with Gasteiger partial charge in [0, 0.05) is 13.1 Å². The maximum absolute atomic E-state index is 13.3. The second-order valence-electron chi connectivity index (χ2n) is 6.55. The summed E-state index contributed by atoms with van der Waals surface area (Å²) in [6.45, 7) is 7.08. The van der Waals surface area contributed by atoms with Crippen LogP contribution in [0.5, 0.6) is 0 Å². The zero-order valence-corrected chi connectivity index (χ0v) is 15.8. The van der Waals surface area contributed by atoms with Crippen molar-refractivity contribution in [3.8, 4) is 0 Å². The van der Waals surface area contributed by atoms with Gasteiger partial charge in [-0.1, -0.05) is 26.0 Å². The largest absolute Gasteiger partial charge is 0.365 e. The standard InChI is InChI=1S/C19H21FN4OS/c1-11(2)8-22-18(25)16-12(3)15-17(23-10-24-19(15)26-16)21-9-13-5-4-6-14(20)7-13/h4-7,10-11H,8-9H2,1-3H3,(H,22,25)(H,21,23,24). The number of nitrogens with one attached hydrogen (secondary N) is 2. The molecule has 1 amide bonds. The van der Waals surface area contributed by atoms with E-state index in [1.54, 1.807) is 6.07 Å². The molecular formula is C19H21FN4OS. The molecule has 0 spiro atoms. The van der Waals surface area contributed by atoms with Crippen LogP contribution in [0.15, 0.2) is 30.6 Å². The van der Waals surface area contributed by atoms with Crippen LogP contribution in [0.25, 0.3) is 10.2 Å². The monoisotopic (exact) mass is 372 g/mol. The van der Waals surface area contributed by atoms with Gasteiger partial charge in [0.1, 0.15) is 22.8 Å². The van der Waals surface area contributed by atoms with E-state index >= 15 is 0 Å². The third-order valence-corrected chi connectivity index (χ3v) is 5.15. The molecule has 3 aromatic rings. The SMILES string of the molecule is Cc1c(C(=O)NCC(C)C)sc2ncnc(NCc3cccc(F)c3)c12. The zero-order valence-electron chi connectivity index (χ0n) is 15.0. The summed E-state index contributed by atoms with van der Waals surface area (Å²) >= 11 is 1.36. The van der Waals surface area contributed by atoms with Gasteiger partial charge in [0.05, 0.1) is 10.3 Å². The molecule has 0 aliphatic rings. The van der Waals surface area contributed by atoms with Gasteiger partial charge in [-0.2, -0.15) is 0 Å². The lowest BCUT2D eigenvalue weighted by Gasteiger charge is -2.08. The number of hydrogen-bond donors (Lipinski definition) is 2. The van der Waals surface area contributed by atoms with Crippen molar-refractivity contribution in [1.29, 1.82) is 0 Å². The summed E-state index contributed by atoms with van der Waals surface area (Å²) in [6, 6.07) is 6.42. The molecule has 0 fully saturated rings. The highest BCUT2D eigenvalue weighted by Gasteiger charge is 2.19. The Hall–Kier alpha value is -2.54. The molecule has 0 aliphatic carbocycles. The predicted molar refractivity (Wildman–Crippen MR) is 103 cm³/mol. The molecule has 0 radical (unpaired) electrons. The molecule has 2 N–H and O–H groups in total. The molecule has 0 unspecified atom stereocenters. The number of anilines is 1. The molecule has 0 saturated heterocycles. The normalized spacial score (nSPS) is 11.1. The fourth-order valence-electron chi connectivity index (χ4n) is 2.63. The van der Waals surface area contributed by atoms with Gasteiger partial charge in [0.25, 0.3) is 5.91 Å². The fourth-order valence-corrected chi connectivity index (χ4v) is 3.70. The predicted octanol–water partition coefficient (Wildman–Crippen LogP) is 4.14. The maximum Gasteiger partial charge on any atom is 0.261 e. The van der Waals surface area contributed by atoms with Crippen LogP contribution < -0.4 is 10.6 Å². The van der Waals surface area contributed by atoms with E-state index in [0.717, 1.165) is 21.3 Å². The first-order valence-corrected chi connectivity index (χ1v) is 9.28. The van der Waals surface area contributed by atoms with Crippen LogP contribution in [-0.4, -0.2) is 22.4 Å². The molecular weight excluding hydrogens is 351 g/mol. The van der Waals surface area contributed by atoms with Gasteiger partial charge in [0.2, 0.25) is 0 Å². The van der Waals surface area contributed by atoms with Crippen molar-refractivity contribution in [3.05, 3.63) is 52.4 Å². The number of thiophene rings is 1. The summed E-state index contributed by atoms with van der Waals surface area (Å²) in [6.07, 6.45) is 1.47. The quantitative estimate of drug-likeness (QED) is 0.682. The Bertz CT molecular complexity index is 938. The van der Waals surface area contributed by atoms with Crippen LogP contribution in [0.2, 0.25) is 0 Å². The zero-order chi connectivity index (χ0) is 18.7. The summed E-state index contributed by atoms with van der Waals surface area (Å²) in [4.78, 5) is 22.5. The molecule has 0 saturated carbocycles. The van der Waals surface area contributed by atoms with Crippen molar-refractivity contribution in [2.24, 2.45) is 5.92 Å². The van der Waals surface area contributed by atoms with Crippen molar-refractivity contribution in [2.45, 2.75) is 27.3 Å². The van der Waals surface area contributed by atoms with Crippen LogP contribution in [0.3, 0.4) is 0 Å². The Morgan fingerprint density at radius 2 is 2.12 bits per heavy atom. The van der Waals surface area contributed by atoms with Crippen LogP contribution in [0.4, 0.5) is 10.2 Å². The first-order chi connectivity index (χ1) is 12.5. The van der Waals surface area contributed by atoms with E-state index in [0.29, 0.717) is 29.7 Å². The minimum Gasteiger partial charge on any atom is -0.365 e. The Kier molecular flexibility index (Phi) is 5.46. The second kappa shape index (κ2) is 7.78. The van der Waals surface area contributed by atoms with Gasteiger partial charge >= 0.3 is 0 Å². The molecule has 7 heteroatoms. The van der Waals surface area contributed by atoms with E-state index in [9.17, 15) is 9.18 Å². The van der Waals surface area contributed by atoms with Crippen LogP contribution in [-0.2, 0) is 6.54 Å². The number of benzene rings is 1.